The average Bonchev–Trinajstić information content (AvgIpc) is 3.13. The topological polar surface area (TPSA) is 84.5 Å². The summed E-state index contributed by atoms with van der Waals surface area (Å²) in [7, 11) is -2.55. The van der Waals surface area contributed by atoms with Crippen LogP contribution < -0.4 is 10.0 Å². The first-order valence-corrected chi connectivity index (χ1v) is 9.49. The Kier molecular flexibility index (Phi) is 4.33. The maximum atomic E-state index is 12.2. The van der Waals surface area contributed by atoms with E-state index in [4.69, 9.17) is 4.74 Å². The third kappa shape index (κ3) is 3.07. The van der Waals surface area contributed by atoms with Crippen molar-refractivity contribution in [3.63, 3.8) is 0 Å². The molecule has 3 rings (SSSR count). The predicted molar refractivity (Wildman–Crippen MR) is 88.0 cm³/mol. The second kappa shape index (κ2) is 6.13. The molecule has 0 fully saturated rings. The van der Waals surface area contributed by atoms with E-state index in [1.165, 1.54) is 25.2 Å². The number of carbonyl (C=O) groups is 1. The van der Waals surface area contributed by atoms with Crippen LogP contribution >= 0.6 is 0 Å². The van der Waals surface area contributed by atoms with Crippen molar-refractivity contribution < 1.29 is 17.9 Å². The Morgan fingerprint density at radius 3 is 2.22 bits per heavy atom. The molecule has 1 aromatic rings. The summed E-state index contributed by atoms with van der Waals surface area (Å²) in [4.78, 5) is 12.2. The Balaban J connectivity index is 1.85. The van der Waals surface area contributed by atoms with Crippen molar-refractivity contribution in [1.29, 1.82) is 0 Å². The molecule has 1 unspecified atom stereocenters. The molecular weight excluding hydrogens is 316 g/mol. The minimum atomic E-state index is -3.84. The maximum Gasteiger partial charge on any atom is 0.332 e. The summed E-state index contributed by atoms with van der Waals surface area (Å²) >= 11 is 0. The third-order valence-electron chi connectivity index (χ3n) is 4.72. The second-order valence-corrected chi connectivity index (χ2v) is 8.10. The van der Waals surface area contributed by atoms with Crippen LogP contribution in [0.1, 0.15) is 42.0 Å². The van der Waals surface area contributed by atoms with E-state index in [0.717, 1.165) is 55.3 Å². The highest BCUT2D eigenvalue weighted by Crippen LogP contribution is 2.38. The molecule has 0 heterocycles. The Labute approximate surface area is 136 Å². The normalized spacial score (nSPS) is 17.5. The van der Waals surface area contributed by atoms with Crippen LogP contribution in [0.5, 0.6) is 0 Å². The minimum absolute atomic E-state index is 0.719. The number of hydrogen-bond acceptors (Lipinski definition) is 4. The molecule has 2 N–H and O–H groups in total. The molecule has 1 aromatic carbocycles. The Morgan fingerprint density at radius 1 is 1.13 bits per heavy atom. The van der Waals surface area contributed by atoms with Gasteiger partial charge in [-0.2, -0.15) is 0 Å². The number of fused-ring (bicyclic) bond motifs is 2. The minimum Gasteiger partial charge on any atom is -0.364 e. The van der Waals surface area contributed by atoms with E-state index in [9.17, 15) is 13.2 Å². The van der Waals surface area contributed by atoms with E-state index < -0.39 is 21.5 Å². The van der Waals surface area contributed by atoms with Gasteiger partial charge in [-0.1, -0.05) is 6.07 Å². The van der Waals surface area contributed by atoms with Gasteiger partial charge in [0.2, 0.25) is 0 Å². The fraction of sp³-hybridized carbons (Fsp3) is 0.562. The van der Waals surface area contributed by atoms with Crippen LogP contribution in [0.25, 0.3) is 0 Å². The van der Waals surface area contributed by atoms with Gasteiger partial charge in [0.25, 0.3) is 10.0 Å². The van der Waals surface area contributed by atoms with Gasteiger partial charge in [-0.25, -0.2) is 17.9 Å². The molecule has 7 heteroatoms. The average molecular weight is 338 g/mol. The van der Waals surface area contributed by atoms with Crippen LogP contribution in [0.3, 0.4) is 0 Å². The number of urea groups is 1. The first-order valence-electron chi connectivity index (χ1n) is 7.94. The highest BCUT2D eigenvalue weighted by Gasteiger charge is 2.27. The van der Waals surface area contributed by atoms with Crippen LogP contribution in [0, 0.1) is 0 Å². The number of amides is 2. The lowest BCUT2D eigenvalue weighted by Crippen LogP contribution is -2.40. The number of sulfonamides is 1. The largest absolute Gasteiger partial charge is 0.364 e. The first kappa shape index (κ1) is 16.3. The number of anilines is 1. The summed E-state index contributed by atoms with van der Waals surface area (Å²) in [6.07, 6.45) is 6.07. The van der Waals surface area contributed by atoms with Crippen molar-refractivity contribution in [2.75, 3.05) is 12.4 Å². The van der Waals surface area contributed by atoms with Gasteiger partial charge in [-0.15, -0.1) is 0 Å². The fourth-order valence-electron chi connectivity index (χ4n) is 3.45. The Morgan fingerprint density at radius 2 is 1.70 bits per heavy atom. The highest BCUT2D eigenvalue weighted by molar-refractivity contribution is 7.90. The zero-order valence-electron chi connectivity index (χ0n) is 13.4. The number of carbonyl (C=O) groups excluding carboxylic acids is 1. The van der Waals surface area contributed by atoms with Crippen LogP contribution in [-0.4, -0.2) is 27.0 Å². The molecule has 0 saturated heterocycles. The van der Waals surface area contributed by atoms with E-state index in [0.29, 0.717) is 0 Å². The molecule has 0 aliphatic heterocycles. The van der Waals surface area contributed by atoms with Gasteiger partial charge in [-0.05, 0) is 67.7 Å². The monoisotopic (exact) mass is 338 g/mol. The summed E-state index contributed by atoms with van der Waals surface area (Å²) < 4.78 is 30.7. The summed E-state index contributed by atoms with van der Waals surface area (Å²) in [5, 5.41) is 2.79. The van der Waals surface area contributed by atoms with Gasteiger partial charge in [-0.3, -0.25) is 0 Å². The predicted octanol–water partition coefficient (Wildman–Crippen LogP) is 2.11. The van der Waals surface area contributed by atoms with Crippen molar-refractivity contribution in [2.45, 2.75) is 50.9 Å². The fourth-order valence-corrected chi connectivity index (χ4v) is 4.17. The molecule has 0 saturated carbocycles. The molecule has 0 radical (unpaired) electrons. The molecule has 23 heavy (non-hydrogen) atoms. The van der Waals surface area contributed by atoms with E-state index in [1.54, 1.807) is 0 Å². The lowest BCUT2D eigenvalue weighted by atomic mass is 9.99. The molecule has 126 valence electrons. The number of hydrogen-bond donors (Lipinski definition) is 2. The van der Waals surface area contributed by atoms with Crippen LogP contribution in [-0.2, 0) is 40.4 Å². The quantitative estimate of drug-likeness (QED) is 0.880. The molecule has 0 spiro atoms. The molecule has 2 aliphatic rings. The number of rotatable bonds is 4. The van der Waals surface area contributed by atoms with Crippen LogP contribution in [0.4, 0.5) is 10.5 Å². The third-order valence-corrected chi connectivity index (χ3v) is 6.25. The van der Waals surface area contributed by atoms with Gasteiger partial charge < -0.3 is 10.1 Å². The van der Waals surface area contributed by atoms with Gasteiger partial charge >= 0.3 is 6.03 Å². The highest BCUT2D eigenvalue weighted by atomic mass is 32.2. The van der Waals surface area contributed by atoms with Crippen molar-refractivity contribution in [1.82, 2.24) is 4.72 Å². The summed E-state index contributed by atoms with van der Waals surface area (Å²) in [5.41, 5.74) is 4.64. The van der Waals surface area contributed by atoms with Crippen molar-refractivity contribution >= 4 is 21.7 Å². The summed E-state index contributed by atoms with van der Waals surface area (Å²) in [5.74, 6) is 0. The number of benzene rings is 1. The summed E-state index contributed by atoms with van der Waals surface area (Å²) in [6.45, 7) is 1.38. The Bertz CT molecular complexity index is 711. The lowest BCUT2D eigenvalue weighted by Gasteiger charge is -2.17. The zero-order valence-corrected chi connectivity index (χ0v) is 14.3. The second-order valence-electron chi connectivity index (χ2n) is 6.14. The van der Waals surface area contributed by atoms with Crippen LogP contribution in [0.15, 0.2) is 6.07 Å². The number of nitrogens with one attached hydrogen (secondary N) is 2. The number of aryl methyl sites for hydroxylation is 2. The molecule has 0 aromatic heterocycles. The van der Waals surface area contributed by atoms with Crippen molar-refractivity contribution in [2.24, 2.45) is 0 Å². The lowest BCUT2D eigenvalue weighted by molar-refractivity contribution is 0.177. The van der Waals surface area contributed by atoms with Gasteiger partial charge in [0.15, 0.2) is 5.44 Å². The van der Waals surface area contributed by atoms with Crippen LogP contribution in [0.2, 0.25) is 0 Å². The zero-order chi connectivity index (χ0) is 16.6. The molecular formula is C16H22N2O4S. The smallest absolute Gasteiger partial charge is 0.332 e. The molecule has 2 amide bonds. The number of methoxy groups -OCH3 is 1. The van der Waals surface area contributed by atoms with E-state index in [-0.39, 0.29) is 0 Å². The first-order chi connectivity index (χ1) is 10.9. The van der Waals surface area contributed by atoms with E-state index in [1.807, 2.05) is 4.72 Å². The molecule has 6 nitrogen and oxygen atoms in total. The number of ether oxygens (including phenoxy) is 1. The van der Waals surface area contributed by atoms with Crippen molar-refractivity contribution in [3.05, 3.63) is 28.3 Å². The standard InChI is InChI=1S/C16H22N2O4S/c1-10(22-2)23(20,21)18-16(19)17-15-13-7-3-5-11(13)9-12-6-4-8-14(12)15/h9-10H,3-8H2,1-2H3,(H2,17,18,19). The van der Waals surface area contributed by atoms with Crippen molar-refractivity contribution in [3.8, 4) is 0 Å². The van der Waals surface area contributed by atoms with Gasteiger partial charge in [0.05, 0.1) is 0 Å². The maximum absolute atomic E-state index is 12.2. The molecule has 0 bridgehead atoms. The SMILES string of the molecule is COC(C)S(=O)(=O)NC(=O)Nc1c2c(cc3c1CCC3)CCC2. The molecule has 1 atom stereocenters. The van der Waals surface area contributed by atoms with E-state index >= 15 is 0 Å². The Hall–Kier alpha value is -1.60. The van der Waals surface area contributed by atoms with Gasteiger partial charge in [0.1, 0.15) is 0 Å². The van der Waals surface area contributed by atoms with E-state index in [2.05, 4.69) is 11.4 Å². The molecule has 2 aliphatic carbocycles. The van der Waals surface area contributed by atoms with Gasteiger partial charge in [0, 0.05) is 12.8 Å². The summed E-state index contributed by atoms with van der Waals surface area (Å²) in [6, 6.07) is 1.54.